The molecule has 0 aliphatic heterocycles. The Bertz CT molecular complexity index is 776. The number of rotatable bonds is 13. The smallest absolute Gasteiger partial charge is 0.102 e. The molecule has 2 N–H and O–H groups in total. The molecule has 0 amide bonds. The van der Waals surface area contributed by atoms with Crippen LogP contribution in [-0.4, -0.2) is 0 Å². The lowest BCUT2D eigenvalue weighted by molar-refractivity contribution is 0.544. The summed E-state index contributed by atoms with van der Waals surface area (Å²) in [5, 5.41) is 11.7. The molecule has 2 rings (SSSR count). The first-order chi connectivity index (χ1) is 13.7. The number of halogens is 1. The fourth-order valence-electron chi connectivity index (χ4n) is 3.98. The molecule has 0 fully saturated rings. The number of nitrogens with two attached hydrogens (primary N) is 1. The van der Waals surface area contributed by atoms with Crippen molar-refractivity contribution < 1.29 is 0 Å². The van der Waals surface area contributed by atoms with Gasteiger partial charge in [-0.3, -0.25) is 0 Å². The summed E-state index contributed by atoms with van der Waals surface area (Å²) >= 11 is 3.73. The zero-order chi connectivity index (χ0) is 20.2. The van der Waals surface area contributed by atoms with Crippen molar-refractivity contribution in [2.75, 3.05) is 5.73 Å². The van der Waals surface area contributed by atoms with Crippen LogP contribution in [0.1, 0.15) is 95.1 Å². The minimum absolute atomic E-state index is 0.621. The van der Waals surface area contributed by atoms with Gasteiger partial charge in [0.2, 0.25) is 0 Å². The van der Waals surface area contributed by atoms with E-state index in [0.717, 1.165) is 33.7 Å². The Labute approximate surface area is 179 Å². The molecule has 0 aromatic heterocycles. The van der Waals surface area contributed by atoms with E-state index in [-0.39, 0.29) is 0 Å². The predicted octanol–water partition coefficient (Wildman–Crippen LogP) is 8.30. The average molecular weight is 443 g/mol. The van der Waals surface area contributed by atoms with Gasteiger partial charge in [0.15, 0.2) is 0 Å². The maximum atomic E-state index is 9.62. The van der Waals surface area contributed by atoms with Crippen LogP contribution in [0, 0.1) is 11.3 Å². The van der Waals surface area contributed by atoms with Gasteiger partial charge in [-0.1, -0.05) is 102 Å². The molecular formula is C25H35BrN2. The Kier molecular flexibility index (Phi) is 10.4. The van der Waals surface area contributed by atoms with Gasteiger partial charge in [0.05, 0.1) is 11.3 Å². The summed E-state index contributed by atoms with van der Waals surface area (Å²) in [6.45, 7) is 2.27. The summed E-state index contributed by atoms with van der Waals surface area (Å²) in [6, 6.07) is 10.4. The molecule has 2 aromatic carbocycles. The number of nitrogen functional groups attached to an aromatic ring is 1. The van der Waals surface area contributed by atoms with Crippen LogP contribution in [0.4, 0.5) is 5.69 Å². The van der Waals surface area contributed by atoms with Gasteiger partial charge in [-0.2, -0.15) is 5.26 Å². The van der Waals surface area contributed by atoms with E-state index in [1.807, 2.05) is 18.2 Å². The van der Waals surface area contributed by atoms with Crippen molar-refractivity contribution in [3.8, 4) is 6.07 Å². The highest BCUT2D eigenvalue weighted by molar-refractivity contribution is 9.10. The third kappa shape index (κ3) is 6.52. The molecule has 3 heteroatoms. The molecule has 28 heavy (non-hydrogen) atoms. The molecule has 0 bridgehead atoms. The fraction of sp³-hybridized carbons (Fsp3) is 0.560. The number of benzene rings is 2. The second kappa shape index (κ2) is 12.8. The number of nitrogens with zero attached hydrogens (tertiary/aromatic N) is 1. The van der Waals surface area contributed by atoms with Gasteiger partial charge in [-0.25, -0.2) is 0 Å². The highest BCUT2D eigenvalue weighted by Crippen LogP contribution is 2.36. The monoisotopic (exact) mass is 442 g/mol. The van der Waals surface area contributed by atoms with Crippen LogP contribution in [0.3, 0.4) is 0 Å². The SMILES string of the molecule is CCCCCCCCCCCCCCc1c(C#N)c(N)c2ccccc2c1Br. The van der Waals surface area contributed by atoms with Gasteiger partial charge in [0.1, 0.15) is 6.07 Å². The van der Waals surface area contributed by atoms with Gasteiger partial charge >= 0.3 is 0 Å². The van der Waals surface area contributed by atoms with E-state index >= 15 is 0 Å². The molecule has 0 aliphatic carbocycles. The normalized spacial score (nSPS) is 11.0. The summed E-state index contributed by atoms with van der Waals surface area (Å²) in [5.41, 5.74) is 8.63. The maximum absolute atomic E-state index is 9.62. The van der Waals surface area contributed by atoms with Crippen molar-refractivity contribution in [2.45, 2.75) is 90.4 Å². The van der Waals surface area contributed by atoms with E-state index in [1.54, 1.807) is 0 Å². The Morgan fingerprint density at radius 1 is 0.821 bits per heavy atom. The van der Waals surface area contributed by atoms with E-state index in [1.165, 1.54) is 70.6 Å². The van der Waals surface area contributed by atoms with E-state index in [2.05, 4.69) is 35.0 Å². The summed E-state index contributed by atoms with van der Waals surface area (Å²) in [5.74, 6) is 0. The number of hydrogen-bond donors (Lipinski definition) is 1. The fourth-order valence-corrected chi connectivity index (χ4v) is 4.73. The highest BCUT2D eigenvalue weighted by Gasteiger charge is 2.15. The van der Waals surface area contributed by atoms with Gasteiger partial charge in [0, 0.05) is 9.86 Å². The quantitative estimate of drug-likeness (QED) is 0.250. The lowest BCUT2D eigenvalue weighted by atomic mass is 9.95. The first-order valence-electron chi connectivity index (χ1n) is 11.1. The first kappa shape index (κ1) is 22.8. The highest BCUT2D eigenvalue weighted by atomic mass is 79.9. The van der Waals surface area contributed by atoms with Crippen LogP contribution >= 0.6 is 15.9 Å². The molecule has 0 saturated carbocycles. The number of hydrogen-bond acceptors (Lipinski definition) is 2. The summed E-state index contributed by atoms with van der Waals surface area (Å²) < 4.78 is 1.04. The number of nitriles is 1. The first-order valence-corrected chi connectivity index (χ1v) is 11.9. The molecule has 2 aromatic rings. The zero-order valence-corrected chi connectivity index (χ0v) is 19.0. The molecule has 0 saturated heterocycles. The Hall–Kier alpha value is -1.53. The van der Waals surface area contributed by atoms with E-state index in [9.17, 15) is 5.26 Å². The molecule has 0 unspecified atom stereocenters. The molecule has 0 heterocycles. The lowest BCUT2D eigenvalue weighted by Crippen LogP contribution is -2.00. The number of fused-ring (bicyclic) bond motifs is 1. The Balaban J connectivity index is 1.73. The van der Waals surface area contributed by atoms with Crippen LogP contribution in [0.5, 0.6) is 0 Å². The van der Waals surface area contributed by atoms with Gasteiger partial charge in [-0.15, -0.1) is 0 Å². The van der Waals surface area contributed by atoms with Crippen LogP contribution in [0.15, 0.2) is 28.7 Å². The summed E-state index contributed by atoms with van der Waals surface area (Å²) in [7, 11) is 0. The standard InChI is InChI=1S/C25H35BrN2/c1-2-3-4-5-6-7-8-9-10-11-12-13-16-21-23(19-27)25(28)22-18-15-14-17-20(22)24(21)26/h14-15,17-18H,2-13,16,28H2,1H3. The van der Waals surface area contributed by atoms with E-state index in [0.29, 0.717) is 11.3 Å². The zero-order valence-electron chi connectivity index (χ0n) is 17.4. The van der Waals surface area contributed by atoms with Crippen molar-refractivity contribution in [3.63, 3.8) is 0 Å². The van der Waals surface area contributed by atoms with Crippen molar-refractivity contribution in [2.24, 2.45) is 0 Å². The molecule has 0 radical (unpaired) electrons. The predicted molar refractivity (Wildman–Crippen MR) is 126 cm³/mol. The van der Waals surface area contributed by atoms with Crippen molar-refractivity contribution >= 4 is 32.4 Å². The van der Waals surface area contributed by atoms with Crippen LogP contribution in [-0.2, 0) is 6.42 Å². The molecule has 0 aliphatic rings. The number of unbranched alkanes of at least 4 members (excludes halogenated alkanes) is 11. The second-order valence-corrected chi connectivity index (χ2v) is 8.67. The lowest BCUT2D eigenvalue weighted by Gasteiger charge is -2.14. The third-order valence-corrected chi connectivity index (χ3v) is 6.59. The Morgan fingerprint density at radius 2 is 1.32 bits per heavy atom. The van der Waals surface area contributed by atoms with Gasteiger partial charge in [-0.05, 0) is 39.7 Å². The van der Waals surface area contributed by atoms with E-state index in [4.69, 9.17) is 5.73 Å². The molecule has 152 valence electrons. The summed E-state index contributed by atoms with van der Waals surface area (Å²) in [4.78, 5) is 0. The van der Waals surface area contributed by atoms with Crippen molar-refractivity contribution in [3.05, 3.63) is 39.9 Å². The van der Waals surface area contributed by atoms with Crippen LogP contribution in [0.2, 0.25) is 0 Å². The van der Waals surface area contributed by atoms with Crippen LogP contribution < -0.4 is 5.73 Å². The second-order valence-electron chi connectivity index (χ2n) is 7.88. The van der Waals surface area contributed by atoms with Gasteiger partial charge < -0.3 is 5.73 Å². The third-order valence-electron chi connectivity index (χ3n) is 5.68. The topological polar surface area (TPSA) is 49.8 Å². The van der Waals surface area contributed by atoms with Crippen LogP contribution in [0.25, 0.3) is 10.8 Å². The minimum Gasteiger partial charge on any atom is -0.397 e. The van der Waals surface area contributed by atoms with Crippen molar-refractivity contribution in [1.29, 1.82) is 5.26 Å². The minimum atomic E-state index is 0.621. The maximum Gasteiger partial charge on any atom is 0.102 e. The van der Waals surface area contributed by atoms with E-state index < -0.39 is 0 Å². The largest absolute Gasteiger partial charge is 0.397 e. The van der Waals surface area contributed by atoms with Crippen molar-refractivity contribution in [1.82, 2.24) is 0 Å². The molecule has 0 atom stereocenters. The molecule has 0 spiro atoms. The Morgan fingerprint density at radius 3 is 1.86 bits per heavy atom. The van der Waals surface area contributed by atoms with Gasteiger partial charge in [0.25, 0.3) is 0 Å². The molecular weight excluding hydrogens is 408 g/mol. The molecule has 2 nitrogen and oxygen atoms in total. The summed E-state index contributed by atoms with van der Waals surface area (Å²) in [6.07, 6.45) is 17.0. The number of anilines is 1. The average Bonchev–Trinajstić information content (AvgIpc) is 2.72.